The Morgan fingerprint density at radius 3 is 2.72 bits per heavy atom. The molecule has 2 aromatic rings. The molecule has 1 aliphatic heterocycles. The zero-order chi connectivity index (χ0) is 12.8. The molecule has 0 aliphatic carbocycles. The van der Waals surface area contributed by atoms with Crippen molar-refractivity contribution in [3.05, 3.63) is 24.5 Å². The van der Waals surface area contributed by atoms with Gasteiger partial charge < -0.3 is 13.9 Å². The van der Waals surface area contributed by atoms with E-state index in [1.807, 2.05) is 30.1 Å². The highest BCUT2D eigenvalue weighted by atomic mass is 16.6. The Bertz CT molecular complexity index is 569. The van der Waals surface area contributed by atoms with Crippen molar-refractivity contribution >= 4 is 23.6 Å². The molecule has 3 rings (SSSR count). The van der Waals surface area contributed by atoms with E-state index >= 15 is 0 Å². The highest BCUT2D eigenvalue weighted by Gasteiger charge is 2.34. The Kier molecular flexibility index (Phi) is 2.68. The lowest BCUT2D eigenvalue weighted by atomic mass is 9.75. The van der Waals surface area contributed by atoms with Gasteiger partial charge >= 0.3 is 7.12 Å². The van der Waals surface area contributed by atoms with Crippen molar-refractivity contribution in [1.82, 2.24) is 9.55 Å². The van der Waals surface area contributed by atoms with E-state index in [4.69, 9.17) is 9.31 Å². The van der Waals surface area contributed by atoms with E-state index in [2.05, 4.69) is 24.9 Å². The fourth-order valence-electron chi connectivity index (χ4n) is 2.26. The average Bonchev–Trinajstić information content (AvgIpc) is 2.72. The number of nitrogens with zero attached hydrogens (tertiary/aromatic N) is 2. The van der Waals surface area contributed by atoms with E-state index in [1.165, 1.54) is 0 Å². The lowest BCUT2D eigenvalue weighted by Gasteiger charge is -2.33. The summed E-state index contributed by atoms with van der Waals surface area (Å²) in [7, 11) is 1.72. The lowest BCUT2D eigenvalue weighted by Crippen LogP contribution is -2.47. The van der Waals surface area contributed by atoms with Gasteiger partial charge in [0, 0.05) is 43.5 Å². The van der Waals surface area contributed by atoms with Crippen molar-refractivity contribution < 1.29 is 9.31 Å². The summed E-state index contributed by atoms with van der Waals surface area (Å²) in [6.45, 7) is 5.73. The van der Waals surface area contributed by atoms with Gasteiger partial charge in [-0.05, 0) is 17.6 Å². The van der Waals surface area contributed by atoms with E-state index in [-0.39, 0.29) is 12.5 Å². The fourth-order valence-corrected chi connectivity index (χ4v) is 2.26. The van der Waals surface area contributed by atoms with E-state index in [9.17, 15) is 0 Å². The van der Waals surface area contributed by atoms with Gasteiger partial charge in [-0.3, -0.25) is 0 Å². The van der Waals surface area contributed by atoms with Gasteiger partial charge in [-0.15, -0.1) is 0 Å². The maximum Gasteiger partial charge on any atom is 0.494 e. The average molecular weight is 244 g/mol. The highest BCUT2D eigenvalue weighted by molar-refractivity contribution is 6.64. The molecule has 0 atom stereocenters. The maximum absolute atomic E-state index is 5.84. The standard InChI is InChI=1S/C13H17BN2O2/c1-13(2)8-17-14(18-9-13)11-4-6-15-12-10(11)5-7-16(12)3/h4-7H,8-9H2,1-3H3. The highest BCUT2D eigenvalue weighted by Crippen LogP contribution is 2.22. The van der Waals surface area contributed by atoms with Crippen LogP contribution in [-0.2, 0) is 16.4 Å². The Labute approximate surface area is 107 Å². The molecule has 4 nitrogen and oxygen atoms in total. The summed E-state index contributed by atoms with van der Waals surface area (Å²) in [6.07, 6.45) is 3.82. The molecule has 0 bridgehead atoms. The molecule has 0 saturated carbocycles. The third-order valence-electron chi connectivity index (χ3n) is 3.31. The number of fused-ring (bicyclic) bond motifs is 1. The van der Waals surface area contributed by atoms with Gasteiger partial charge in [-0.25, -0.2) is 4.98 Å². The van der Waals surface area contributed by atoms with Crippen molar-refractivity contribution in [2.45, 2.75) is 13.8 Å². The van der Waals surface area contributed by atoms with Crippen LogP contribution in [0.15, 0.2) is 24.5 Å². The monoisotopic (exact) mass is 244 g/mol. The van der Waals surface area contributed by atoms with Crippen LogP contribution in [-0.4, -0.2) is 29.9 Å². The first-order valence-electron chi connectivity index (χ1n) is 6.20. The Morgan fingerprint density at radius 2 is 2.00 bits per heavy atom. The van der Waals surface area contributed by atoms with Crippen LogP contribution in [0.2, 0.25) is 0 Å². The number of pyridine rings is 1. The molecular formula is C13H17BN2O2. The molecule has 3 heterocycles. The molecule has 18 heavy (non-hydrogen) atoms. The van der Waals surface area contributed by atoms with E-state index in [0.29, 0.717) is 13.2 Å². The molecule has 0 amide bonds. The number of aryl methyl sites for hydroxylation is 1. The topological polar surface area (TPSA) is 36.3 Å². The molecule has 94 valence electrons. The van der Waals surface area contributed by atoms with Crippen molar-refractivity contribution in [2.24, 2.45) is 12.5 Å². The van der Waals surface area contributed by atoms with Crippen LogP contribution in [0.3, 0.4) is 0 Å². The van der Waals surface area contributed by atoms with Crippen LogP contribution in [0.4, 0.5) is 0 Å². The normalized spacial score (nSPS) is 19.4. The molecule has 0 unspecified atom stereocenters. The summed E-state index contributed by atoms with van der Waals surface area (Å²) in [5.74, 6) is 0. The Balaban J connectivity index is 1.95. The number of rotatable bonds is 1. The summed E-state index contributed by atoms with van der Waals surface area (Å²) >= 11 is 0. The Hall–Kier alpha value is -1.33. The smallest absolute Gasteiger partial charge is 0.407 e. The zero-order valence-corrected chi connectivity index (χ0v) is 11.0. The minimum atomic E-state index is -0.272. The third kappa shape index (κ3) is 1.93. The summed E-state index contributed by atoms with van der Waals surface area (Å²) < 4.78 is 13.7. The van der Waals surface area contributed by atoms with Crippen molar-refractivity contribution in [3.8, 4) is 0 Å². The quantitative estimate of drug-likeness (QED) is 0.710. The number of hydrogen-bond donors (Lipinski definition) is 0. The molecule has 0 radical (unpaired) electrons. The van der Waals surface area contributed by atoms with E-state index in [0.717, 1.165) is 16.5 Å². The molecule has 5 heteroatoms. The predicted octanol–water partition coefficient (Wildman–Crippen LogP) is 1.34. The minimum absolute atomic E-state index is 0.0966. The van der Waals surface area contributed by atoms with Crippen molar-refractivity contribution in [2.75, 3.05) is 13.2 Å². The number of aromatic nitrogens is 2. The molecule has 0 aromatic carbocycles. The summed E-state index contributed by atoms with van der Waals surface area (Å²) in [4.78, 5) is 4.38. The summed E-state index contributed by atoms with van der Waals surface area (Å²) in [6, 6.07) is 4.04. The second kappa shape index (κ2) is 4.11. The fraction of sp³-hybridized carbons (Fsp3) is 0.462. The van der Waals surface area contributed by atoms with Gasteiger partial charge in [0.2, 0.25) is 0 Å². The summed E-state index contributed by atoms with van der Waals surface area (Å²) in [5, 5.41) is 1.10. The van der Waals surface area contributed by atoms with Gasteiger partial charge in [0.25, 0.3) is 0 Å². The number of hydrogen-bond acceptors (Lipinski definition) is 3. The van der Waals surface area contributed by atoms with Gasteiger partial charge in [0.15, 0.2) is 0 Å². The van der Waals surface area contributed by atoms with Gasteiger partial charge in [0.05, 0.1) is 0 Å². The van der Waals surface area contributed by atoms with Crippen LogP contribution >= 0.6 is 0 Å². The van der Waals surface area contributed by atoms with E-state index < -0.39 is 0 Å². The van der Waals surface area contributed by atoms with Crippen LogP contribution in [0.1, 0.15) is 13.8 Å². The molecule has 1 fully saturated rings. The first kappa shape index (κ1) is 11.7. The van der Waals surface area contributed by atoms with Crippen molar-refractivity contribution in [3.63, 3.8) is 0 Å². The maximum atomic E-state index is 5.84. The largest absolute Gasteiger partial charge is 0.494 e. The van der Waals surface area contributed by atoms with E-state index in [1.54, 1.807) is 0 Å². The molecule has 0 N–H and O–H groups in total. The molecule has 0 spiro atoms. The first-order valence-corrected chi connectivity index (χ1v) is 6.20. The second-order valence-corrected chi connectivity index (χ2v) is 5.68. The first-order chi connectivity index (χ1) is 8.57. The molecular weight excluding hydrogens is 227 g/mol. The zero-order valence-electron chi connectivity index (χ0n) is 11.0. The summed E-state index contributed by atoms with van der Waals surface area (Å²) in [5.41, 5.74) is 2.12. The van der Waals surface area contributed by atoms with Gasteiger partial charge in [0.1, 0.15) is 5.65 Å². The van der Waals surface area contributed by atoms with Crippen LogP contribution in [0, 0.1) is 5.41 Å². The minimum Gasteiger partial charge on any atom is -0.407 e. The van der Waals surface area contributed by atoms with Crippen LogP contribution in [0.5, 0.6) is 0 Å². The SMILES string of the molecule is Cn1ccc2c(B3OCC(C)(C)CO3)ccnc21. The second-order valence-electron chi connectivity index (χ2n) is 5.68. The van der Waals surface area contributed by atoms with Gasteiger partial charge in [-0.1, -0.05) is 13.8 Å². The lowest BCUT2D eigenvalue weighted by molar-refractivity contribution is 0.0344. The molecule has 2 aromatic heterocycles. The molecule has 1 aliphatic rings. The third-order valence-corrected chi connectivity index (χ3v) is 3.31. The predicted molar refractivity (Wildman–Crippen MR) is 71.8 cm³/mol. The van der Waals surface area contributed by atoms with Crippen molar-refractivity contribution in [1.29, 1.82) is 0 Å². The molecule has 1 saturated heterocycles. The van der Waals surface area contributed by atoms with Crippen LogP contribution < -0.4 is 5.46 Å². The van der Waals surface area contributed by atoms with Gasteiger partial charge in [-0.2, -0.15) is 0 Å². The Morgan fingerprint density at radius 1 is 1.28 bits per heavy atom. The van der Waals surface area contributed by atoms with Crippen LogP contribution in [0.25, 0.3) is 11.0 Å².